The highest BCUT2D eigenvalue weighted by Gasteiger charge is 2.50. The molecule has 1 aromatic carbocycles. The number of hydrogen-bond donors (Lipinski definition) is 1. The van der Waals surface area contributed by atoms with Crippen LogP contribution in [-0.2, 0) is 16.1 Å². The molecule has 1 aromatic rings. The molecule has 1 aliphatic heterocycles. The van der Waals surface area contributed by atoms with Crippen molar-refractivity contribution in [3.05, 3.63) is 35.4 Å². The number of amides is 2. The minimum atomic E-state index is -0.633. The first-order chi connectivity index (χ1) is 10.0. The molecule has 3 rings (SSSR count). The summed E-state index contributed by atoms with van der Waals surface area (Å²) in [7, 11) is 0. The highest BCUT2D eigenvalue weighted by molar-refractivity contribution is 5.99. The second-order valence-electron chi connectivity index (χ2n) is 6.31. The van der Waals surface area contributed by atoms with E-state index in [1.165, 1.54) is 0 Å². The predicted octanol–water partition coefficient (Wildman–Crippen LogP) is 2.15. The van der Waals surface area contributed by atoms with E-state index in [1.54, 1.807) is 4.90 Å². The van der Waals surface area contributed by atoms with Crippen LogP contribution < -0.4 is 5.32 Å². The maximum atomic E-state index is 12.9. The van der Waals surface area contributed by atoms with E-state index in [9.17, 15) is 9.59 Å². The van der Waals surface area contributed by atoms with Crippen molar-refractivity contribution < 1.29 is 9.59 Å². The summed E-state index contributed by atoms with van der Waals surface area (Å²) in [6.45, 7) is 4.37. The normalized spacial score (nSPS) is 24.5. The summed E-state index contributed by atoms with van der Waals surface area (Å²) in [5, 5.41) is 2.99. The fraction of sp³-hybridized carbons (Fsp3) is 0.529. The third-order valence-electron chi connectivity index (χ3n) is 4.94. The summed E-state index contributed by atoms with van der Waals surface area (Å²) >= 11 is 0. The van der Waals surface area contributed by atoms with E-state index in [4.69, 9.17) is 0 Å². The molecule has 4 nitrogen and oxygen atoms in total. The predicted molar refractivity (Wildman–Crippen MR) is 80.5 cm³/mol. The molecule has 1 aliphatic carbocycles. The Kier molecular flexibility index (Phi) is 3.47. The fourth-order valence-electron chi connectivity index (χ4n) is 3.48. The lowest BCUT2D eigenvalue weighted by Gasteiger charge is -2.43. The summed E-state index contributed by atoms with van der Waals surface area (Å²) in [6.07, 6.45) is 3.57. The fourth-order valence-corrected chi connectivity index (χ4v) is 3.48. The largest absolute Gasteiger partial charge is 0.340 e. The van der Waals surface area contributed by atoms with E-state index in [2.05, 4.69) is 5.32 Å². The van der Waals surface area contributed by atoms with Gasteiger partial charge in [-0.1, -0.05) is 37.1 Å². The van der Waals surface area contributed by atoms with Crippen LogP contribution in [0.25, 0.3) is 0 Å². The van der Waals surface area contributed by atoms with Crippen LogP contribution in [0, 0.1) is 6.92 Å². The van der Waals surface area contributed by atoms with Crippen LogP contribution in [0.3, 0.4) is 0 Å². The lowest BCUT2D eigenvalue weighted by Crippen LogP contribution is -2.68. The van der Waals surface area contributed by atoms with Gasteiger partial charge in [-0.25, -0.2) is 0 Å². The maximum Gasteiger partial charge on any atom is 0.249 e. The smallest absolute Gasteiger partial charge is 0.249 e. The van der Waals surface area contributed by atoms with Crippen LogP contribution in [0.1, 0.15) is 43.7 Å². The van der Waals surface area contributed by atoms with E-state index in [-0.39, 0.29) is 11.8 Å². The molecule has 2 fully saturated rings. The molecule has 0 bridgehead atoms. The Bertz CT molecular complexity index is 576. The third kappa shape index (κ3) is 2.33. The molecule has 1 heterocycles. The molecule has 1 saturated carbocycles. The van der Waals surface area contributed by atoms with Gasteiger partial charge in [0.1, 0.15) is 11.6 Å². The van der Waals surface area contributed by atoms with Gasteiger partial charge >= 0.3 is 0 Å². The van der Waals surface area contributed by atoms with Gasteiger partial charge in [-0.2, -0.15) is 0 Å². The zero-order valence-electron chi connectivity index (χ0n) is 12.7. The van der Waals surface area contributed by atoms with Crippen LogP contribution >= 0.6 is 0 Å². The van der Waals surface area contributed by atoms with Crippen molar-refractivity contribution in [2.45, 2.75) is 57.7 Å². The molecule has 0 aromatic heterocycles. The standard InChI is InChI=1S/C17H22N2O2/c1-12-7-3-4-8-14(12)11-19-13(2)15(20)18-17(16(19)21)9-5-6-10-17/h3-4,7-8,13H,5-6,9-11H2,1-2H3,(H,18,20). The molecule has 1 spiro atoms. The highest BCUT2D eigenvalue weighted by Crippen LogP contribution is 2.35. The van der Waals surface area contributed by atoms with Gasteiger partial charge in [0.05, 0.1) is 0 Å². The minimum Gasteiger partial charge on any atom is -0.340 e. The number of nitrogens with one attached hydrogen (secondary N) is 1. The molecule has 0 radical (unpaired) electrons. The molecular weight excluding hydrogens is 264 g/mol. The lowest BCUT2D eigenvalue weighted by atomic mass is 9.90. The van der Waals surface area contributed by atoms with Crippen molar-refractivity contribution in [1.29, 1.82) is 0 Å². The van der Waals surface area contributed by atoms with Gasteiger partial charge < -0.3 is 10.2 Å². The summed E-state index contributed by atoms with van der Waals surface area (Å²) in [6, 6.07) is 7.64. The monoisotopic (exact) mass is 286 g/mol. The van der Waals surface area contributed by atoms with Crippen molar-refractivity contribution in [3.63, 3.8) is 0 Å². The van der Waals surface area contributed by atoms with Crippen LogP contribution in [0.2, 0.25) is 0 Å². The summed E-state index contributed by atoms with van der Waals surface area (Å²) < 4.78 is 0. The van der Waals surface area contributed by atoms with Crippen molar-refractivity contribution >= 4 is 11.8 Å². The first-order valence-corrected chi connectivity index (χ1v) is 7.71. The van der Waals surface area contributed by atoms with Gasteiger partial charge in [-0.3, -0.25) is 9.59 Å². The highest BCUT2D eigenvalue weighted by atomic mass is 16.2. The van der Waals surface area contributed by atoms with Crippen molar-refractivity contribution in [2.24, 2.45) is 0 Å². The van der Waals surface area contributed by atoms with Crippen LogP contribution in [-0.4, -0.2) is 28.3 Å². The Labute approximate surface area is 125 Å². The van der Waals surface area contributed by atoms with Gasteiger partial charge in [0.15, 0.2) is 0 Å². The van der Waals surface area contributed by atoms with Gasteiger partial charge in [-0.15, -0.1) is 0 Å². The molecule has 21 heavy (non-hydrogen) atoms. The molecule has 1 unspecified atom stereocenters. The average molecular weight is 286 g/mol. The summed E-state index contributed by atoms with van der Waals surface area (Å²) in [5.74, 6) is 0.0698. The Morgan fingerprint density at radius 3 is 2.57 bits per heavy atom. The molecule has 1 saturated heterocycles. The minimum absolute atomic E-state index is 0.0231. The van der Waals surface area contributed by atoms with Gasteiger partial charge in [-0.05, 0) is 37.8 Å². The topological polar surface area (TPSA) is 49.4 Å². The molecule has 1 N–H and O–H groups in total. The number of carbonyl (C=O) groups excluding carboxylic acids is 2. The second-order valence-corrected chi connectivity index (χ2v) is 6.31. The number of aryl methyl sites for hydroxylation is 1. The second kappa shape index (κ2) is 5.17. The first kappa shape index (κ1) is 14.1. The third-order valence-corrected chi connectivity index (χ3v) is 4.94. The van der Waals surface area contributed by atoms with Gasteiger partial charge in [0, 0.05) is 6.54 Å². The lowest BCUT2D eigenvalue weighted by molar-refractivity contribution is -0.154. The molecule has 2 amide bonds. The van der Waals surface area contributed by atoms with E-state index >= 15 is 0 Å². The number of rotatable bonds is 2. The summed E-state index contributed by atoms with van der Waals surface area (Å²) in [5.41, 5.74) is 1.64. The van der Waals surface area contributed by atoms with Crippen molar-refractivity contribution in [2.75, 3.05) is 0 Å². The van der Waals surface area contributed by atoms with Crippen LogP contribution in [0.4, 0.5) is 0 Å². The Morgan fingerprint density at radius 2 is 1.90 bits per heavy atom. The zero-order valence-corrected chi connectivity index (χ0v) is 12.7. The SMILES string of the molecule is Cc1ccccc1CN1C(=O)C2(CCCC2)NC(=O)C1C. The quantitative estimate of drug-likeness (QED) is 0.905. The number of hydrogen-bond acceptors (Lipinski definition) is 2. The van der Waals surface area contributed by atoms with Crippen molar-refractivity contribution in [1.82, 2.24) is 10.2 Å². The van der Waals surface area contributed by atoms with Crippen molar-refractivity contribution in [3.8, 4) is 0 Å². The Hall–Kier alpha value is -1.84. The molecular formula is C17H22N2O2. The number of piperazine rings is 1. The number of nitrogens with zero attached hydrogens (tertiary/aromatic N) is 1. The molecule has 4 heteroatoms. The zero-order chi connectivity index (χ0) is 15.0. The molecule has 112 valence electrons. The maximum absolute atomic E-state index is 12.9. The van der Waals surface area contributed by atoms with Gasteiger partial charge in [0.2, 0.25) is 11.8 Å². The van der Waals surface area contributed by atoms with Crippen LogP contribution in [0.15, 0.2) is 24.3 Å². The van der Waals surface area contributed by atoms with Gasteiger partial charge in [0.25, 0.3) is 0 Å². The summed E-state index contributed by atoms with van der Waals surface area (Å²) in [4.78, 5) is 27.0. The molecule has 2 aliphatic rings. The molecule has 1 atom stereocenters. The van der Waals surface area contributed by atoms with E-state index < -0.39 is 11.6 Å². The van der Waals surface area contributed by atoms with E-state index in [0.717, 1.165) is 36.8 Å². The Morgan fingerprint density at radius 1 is 1.24 bits per heavy atom. The Balaban J connectivity index is 1.90. The van der Waals surface area contributed by atoms with E-state index in [0.29, 0.717) is 6.54 Å². The van der Waals surface area contributed by atoms with Crippen LogP contribution in [0.5, 0.6) is 0 Å². The van der Waals surface area contributed by atoms with E-state index in [1.807, 2.05) is 38.1 Å². The number of benzene rings is 1. The first-order valence-electron chi connectivity index (χ1n) is 7.71. The number of carbonyl (C=O) groups is 2. The average Bonchev–Trinajstić information content (AvgIpc) is 2.93.